The lowest BCUT2D eigenvalue weighted by Crippen LogP contribution is -2.53. The first-order chi connectivity index (χ1) is 30.4. The molecule has 6 aromatic carbocycles. The topological polar surface area (TPSA) is 135 Å². The predicted octanol–water partition coefficient (Wildman–Crippen LogP) is 10.0. The van der Waals surface area contributed by atoms with Crippen molar-refractivity contribution in [3.63, 3.8) is 0 Å². The van der Waals surface area contributed by atoms with E-state index in [9.17, 15) is 19.1 Å². The lowest BCUT2D eigenvalue weighted by Gasteiger charge is -2.50. The maximum Gasteiger partial charge on any atom is 0.260 e. The molecule has 2 N–H and O–H groups in total. The maximum absolute atomic E-state index is 15.5. The summed E-state index contributed by atoms with van der Waals surface area (Å²) in [6.45, 7) is 0. The van der Waals surface area contributed by atoms with Gasteiger partial charge in [0.25, 0.3) is 11.8 Å². The number of azo groups is 1. The molecule has 2 aliphatic carbocycles. The number of phenolic OH excluding ortho intramolecular Hbond substituents is 1. The molecule has 0 radical (unpaired) electrons. The quantitative estimate of drug-likeness (QED) is 0.0884. The van der Waals surface area contributed by atoms with Crippen molar-refractivity contribution < 1.29 is 28.7 Å². The highest BCUT2D eigenvalue weighted by Crippen LogP contribution is 2.65. The third kappa shape index (κ3) is 6.38. The highest BCUT2D eigenvalue weighted by molar-refractivity contribution is 6.30. The second kappa shape index (κ2) is 15.3. The number of anilines is 3. The van der Waals surface area contributed by atoms with Gasteiger partial charge in [-0.05, 0) is 115 Å². The number of nitrogens with zero attached hydrogens (tertiary/aromatic N) is 5. The number of halogens is 2. The fourth-order valence-corrected chi connectivity index (χ4v) is 10.5. The molecule has 6 unspecified atom stereocenters. The molecule has 0 aromatic heterocycles. The summed E-state index contributed by atoms with van der Waals surface area (Å²) in [6.07, 6.45) is 2.19. The molecule has 10 rings (SSSR count). The summed E-state index contributed by atoms with van der Waals surface area (Å²) in [4.78, 5) is 63.0. The first kappa shape index (κ1) is 39.9. The second-order valence-electron chi connectivity index (χ2n) is 16.7. The Morgan fingerprint density at radius 3 is 2.11 bits per heavy atom. The van der Waals surface area contributed by atoms with Gasteiger partial charge in [-0.15, -0.1) is 0 Å². The summed E-state index contributed by atoms with van der Waals surface area (Å²) in [5.41, 5.74) is 5.82. The lowest BCUT2D eigenvalue weighted by atomic mass is 9.49. The highest BCUT2D eigenvalue weighted by atomic mass is 35.5. The van der Waals surface area contributed by atoms with Gasteiger partial charge in [0.1, 0.15) is 11.6 Å². The minimum atomic E-state index is -1.64. The number of carbonyl (C=O) groups excluding carboxylic acids is 4. The van der Waals surface area contributed by atoms with Gasteiger partial charge >= 0.3 is 0 Å². The molecule has 3 fully saturated rings. The van der Waals surface area contributed by atoms with E-state index in [4.69, 9.17) is 11.6 Å². The summed E-state index contributed by atoms with van der Waals surface area (Å²) < 4.78 is 14.0. The zero-order valence-corrected chi connectivity index (χ0v) is 34.9. The van der Waals surface area contributed by atoms with Gasteiger partial charge in [-0.1, -0.05) is 71.8 Å². The Hall–Kier alpha value is -7.18. The summed E-state index contributed by atoms with van der Waals surface area (Å²) in [5, 5.41) is 23.7. The van der Waals surface area contributed by atoms with Crippen LogP contribution in [0.2, 0.25) is 5.02 Å². The van der Waals surface area contributed by atoms with E-state index >= 15 is 9.59 Å². The molecular weight excluding hydrogens is 819 g/mol. The molecule has 2 aliphatic heterocycles. The average molecular weight is 859 g/mol. The van der Waals surface area contributed by atoms with E-state index < -0.39 is 58.5 Å². The number of imide groups is 2. The number of amides is 4. The number of phenols is 1. The van der Waals surface area contributed by atoms with Gasteiger partial charge in [0.2, 0.25) is 11.8 Å². The summed E-state index contributed by atoms with van der Waals surface area (Å²) in [6, 6.07) is 37.5. The van der Waals surface area contributed by atoms with Crippen molar-refractivity contribution in [3.8, 4) is 5.75 Å². The molecule has 63 heavy (non-hydrogen) atoms. The number of fused-ring (bicyclic) bond motifs is 5. The minimum Gasteiger partial charge on any atom is -0.507 e. The van der Waals surface area contributed by atoms with Crippen molar-refractivity contribution in [1.82, 2.24) is 5.01 Å². The number of aromatic hydroxyl groups is 1. The van der Waals surface area contributed by atoms with Crippen molar-refractivity contribution in [2.75, 3.05) is 29.3 Å². The highest BCUT2D eigenvalue weighted by Gasteiger charge is 2.70. The third-order valence-electron chi connectivity index (χ3n) is 13.3. The van der Waals surface area contributed by atoms with Crippen LogP contribution in [0.4, 0.5) is 32.8 Å². The molecule has 0 spiro atoms. The largest absolute Gasteiger partial charge is 0.507 e. The number of hydrogen-bond acceptors (Lipinski definition) is 9. The van der Waals surface area contributed by atoms with Gasteiger partial charge in [0.15, 0.2) is 0 Å². The normalized spacial score (nSPS) is 24.1. The summed E-state index contributed by atoms with van der Waals surface area (Å²) >= 11 is 6.44. The van der Waals surface area contributed by atoms with Crippen LogP contribution < -0.4 is 15.2 Å². The second-order valence-corrected chi connectivity index (χ2v) is 17.2. The molecule has 2 heterocycles. The van der Waals surface area contributed by atoms with Gasteiger partial charge in [0.05, 0.1) is 45.9 Å². The van der Waals surface area contributed by atoms with Crippen LogP contribution >= 0.6 is 11.6 Å². The number of nitrogens with one attached hydrogen (secondary N) is 1. The Labute approximate surface area is 367 Å². The zero-order chi connectivity index (χ0) is 43.7. The maximum atomic E-state index is 15.5. The molecule has 4 amide bonds. The van der Waals surface area contributed by atoms with Gasteiger partial charge in [-0.25, -0.2) is 4.39 Å². The Bertz CT molecular complexity index is 2900. The fraction of sp³-hybridized carbons (Fsp3) is 0.200. The Morgan fingerprint density at radius 1 is 0.762 bits per heavy atom. The average Bonchev–Trinajstić information content (AvgIpc) is 3.67. The van der Waals surface area contributed by atoms with E-state index in [0.717, 1.165) is 16.1 Å². The van der Waals surface area contributed by atoms with Crippen LogP contribution in [0, 0.1) is 29.5 Å². The van der Waals surface area contributed by atoms with E-state index in [1.807, 2.05) is 73.6 Å². The summed E-state index contributed by atoms with van der Waals surface area (Å²) in [5.74, 6) is -6.75. The fourth-order valence-electron chi connectivity index (χ4n) is 10.4. The van der Waals surface area contributed by atoms with Gasteiger partial charge in [0, 0.05) is 41.7 Å². The Balaban J connectivity index is 1.06. The van der Waals surface area contributed by atoms with Crippen LogP contribution in [-0.4, -0.2) is 47.8 Å². The molecule has 2 saturated heterocycles. The third-order valence-corrected chi connectivity index (χ3v) is 13.5. The van der Waals surface area contributed by atoms with Crippen LogP contribution in [-0.2, 0) is 24.6 Å². The van der Waals surface area contributed by atoms with Crippen molar-refractivity contribution in [2.45, 2.75) is 24.2 Å². The Morgan fingerprint density at radius 2 is 1.43 bits per heavy atom. The first-order valence-corrected chi connectivity index (χ1v) is 21.1. The summed E-state index contributed by atoms with van der Waals surface area (Å²) in [7, 11) is 3.91. The number of allylic oxidation sites excluding steroid dienone is 2. The van der Waals surface area contributed by atoms with Gasteiger partial charge < -0.3 is 10.0 Å². The van der Waals surface area contributed by atoms with Crippen LogP contribution in [0.5, 0.6) is 5.75 Å². The molecule has 0 bridgehead atoms. The van der Waals surface area contributed by atoms with E-state index in [1.165, 1.54) is 29.2 Å². The molecular formula is C50H40ClFN6O5. The monoisotopic (exact) mass is 858 g/mol. The molecule has 1 saturated carbocycles. The van der Waals surface area contributed by atoms with Crippen LogP contribution in [0.1, 0.15) is 29.9 Å². The van der Waals surface area contributed by atoms with E-state index in [1.54, 1.807) is 60.7 Å². The number of benzene rings is 6. The van der Waals surface area contributed by atoms with Crippen LogP contribution in [0.15, 0.2) is 155 Å². The van der Waals surface area contributed by atoms with Crippen LogP contribution in [0.25, 0.3) is 10.8 Å². The van der Waals surface area contributed by atoms with Crippen LogP contribution in [0.3, 0.4) is 0 Å². The predicted molar refractivity (Wildman–Crippen MR) is 239 cm³/mol. The number of hydrogen-bond donors (Lipinski definition) is 2. The molecule has 314 valence electrons. The van der Waals surface area contributed by atoms with E-state index in [-0.39, 0.29) is 24.5 Å². The van der Waals surface area contributed by atoms with Crippen molar-refractivity contribution >= 4 is 74.4 Å². The van der Waals surface area contributed by atoms with Gasteiger partial charge in [-0.2, -0.15) is 15.2 Å². The minimum absolute atomic E-state index is 0.0499. The molecule has 13 heteroatoms. The van der Waals surface area contributed by atoms with Gasteiger partial charge in [-0.3, -0.25) is 29.5 Å². The SMILES string of the molecule is CN(C)c1ccc(N=Nc2ccc(N3C(=O)C4CC=C5C(CC6C(=O)N(Nc7ccc(F)cc7)C(=O)C6(c6ccc(Cl)cc6)C5c5ccc6ccccc6c5O)C4C3=O)cc2)cc1. The number of carbonyl (C=O) groups is 4. The van der Waals surface area contributed by atoms with Crippen molar-refractivity contribution in [3.05, 3.63) is 167 Å². The molecule has 4 aliphatic rings. The molecule has 6 atom stereocenters. The zero-order valence-electron chi connectivity index (χ0n) is 34.2. The van der Waals surface area contributed by atoms with Crippen molar-refractivity contribution in [1.29, 1.82) is 0 Å². The van der Waals surface area contributed by atoms with E-state index in [0.29, 0.717) is 49.9 Å². The Kier molecular flexibility index (Phi) is 9.71. The number of rotatable bonds is 8. The van der Waals surface area contributed by atoms with Crippen molar-refractivity contribution in [2.24, 2.45) is 33.9 Å². The molecule has 11 nitrogen and oxygen atoms in total. The first-order valence-electron chi connectivity index (χ1n) is 20.7. The lowest BCUT2D eigenvalue weighted by molar-refractivity contribution is -0.138. The standard InChI is InChI=1S/C50H40ClFN6O5/c1-56(2)35-20-16-32(17-21-35)53-54-33-18-22-36(23-19-33)57-46(60)39-26-25-38-41(43(39)48(57)62)27-42-47(61)58(55-34-14-12-31(52)13-15-34)49(63)50(42,29-8-10-30(51)11-9-29)44(38)40-24-7-28-5-3-4-6-37(28)45(40)59/h3-25,39,41-44,55,59H,26-27H2,1-2H3. The molecule has 6 aromatic rings. The smallest absolute Gasteiger partial charge is 0.260 e. The van der Waals surface area contributed by atoms with E-state index in [2.05, 4.69) is 15.7 Å². The number of hydrazine groups is 1.